The van der Waals surface area contributed by atoms with Gasteiger partial charge in [0.25, 0.3) is 0 Å². The molecule has 3 aromatic carbocycles. The molecule has 0 radical (unpaired) electrons. The number of hydrogen-bond donors (Lipinski definition) is 0. The lowest BCUT2D eigenvalue weighted by Crippen LogP contribution is -2.10. The van der Waals surface area contributed by atoms with Crippen LogP contribution in [0.15, 0.2) is 79.0 Å². The zero-order valence-electron chi connectivity index (χ0n) is 22.3. The average Bonchev–Trinajstić information content (AvgIpc) is 3.47. The van der Waals surface area contributed by atoms with Gasteiger partial charge in [0.15, 0.2) is 23.1 Å². The molecule has 1 aliphatic carbocycles. The first kappa shape index (κ1) is 26.4. The monoisotopic (exact) mass is 537 g/mol. The average molecular weight is 538 g/mol. The zero-order chi connectivity index (χ0) is 28.1. The predicted octanol–water partition coefficient (Wildman–Crippen LogP) is 4.87. The molecule has 9 heteroatoms. The largest absolute Gasteiger partial charge is 0.493 e. The van der Waals surface area contributed by atoms with Crippen molar-refractivity contribution in [3.8, 4) is 22.9 Å². The van der Waals surface area contributed by atoms with Crippen LogP contribution in [0.2, 0.25) is 0 Å². The molecule has 1 aromatic heterocycles. The van der Waals surface area contributed by atoms with Gasteiger partial charge in [-0.1, -0.05) is 29.5 Å². The van der Waals surface area contributed by atoms with Gasteiger partial charge >= 0.3 is 0 Å². The van der Waals surface area contributed by atoms with E-state index in [0.29, 0.717) is 46.2 Å². The molecule has 0 atom stereocenters. The van der Waals surface area contributed by atoms with Crippen LogP contribution in [0.1, 0.15) is 32.7 Å². The highest BCUT2D eigenvalue weighted by Crippen LogP contribution is 2.40. The van der Waals surface area contributed by atoms with E-state index in [1.165, 1.54) is 26.4 Å². The molecule has 5 rings (SSSR count). The lowest BCUT2D eigenvalue weighted by atomic mass is 9.95. The van der Waals surface area contributed by atoms with Gasteiger partial charge in [-0.2, -0.15) is 0 Å². The zero-order valence-corrected chi connectivity index (χ0v) is 22.3. The summed E-state index contributed by atoms with van der Waals surface area (Å²) in [5.41, 5.74) is 4.38. The third kappa shape index (κ3) is 5.49. The molecule has 1 heterocycles. The standard InChI is InChI=1S/C31H27N3O6/c1-37-28-15-11-21(30(38-2)31(28)39-3)10-14-27(36)20-8-12-24(13-9-20)34-18-23(32-33-34)19-40-29-17-25(35)16-22-6-4-5-7-26(22)29/h4-15,17-18H,16,19H2,1-3H3/b14-10+. The molecule has 0 bridgehead atoms. The van der Waals surface area contributed by atoms with Crippen molar-refractivity contribution in [1.82, 2.24) is 15.0 Å². The minimum absolute atomic E-state index is 0.00435. The number of ether oxygens (including phenoxy) is 4. The number of carbonyl (C=O) groups is 2. The quantitative estimate of drug-likeness (QED) is 0.209. The summed E-state index contributed by atoms with van der Waals surface area (Å²) >= 11 is 0. The fourth-order valence-electron chi connectivity index (χ4n) is 4.44. The van der Waals surface area contributed by atoms with E-state index in [9.17, 15) is 9.59 Å². The maximum Gasteiger partial charge on any atom is 0.203 e. The molecule has 202 valence electrons. The highest BCUT2D eigenvalue weighted by molar-refractivity contribution is 6.07. The summed E-state index contributed by atoms with van der Waals surface area (Å²) < 4.78 is 23.7. The SMILES string of the molecule is COc1ccc(/C=C/C(=O)c2ccc(-n3cc(COC4=CC(=O)Cc5ccccc54)nn3)cc2)c(OC)c1OC. The van der Waals surface area contributed by atoms with Gasteiger partial charge in [-0.15, -0.1) is 5.10 Å². The van der Waals surface area contributed by atoms with Crippen LogP contribution in [0.4, 0.5) is 0 Å². The van der Waals surface area contributed by atoms with E-state index in [0.717, 1.165) is 16.8 Å². The molecule has 0 spiro atoms. The van der Waals surface area contributed by atoms with Crippen molar-refractivity contribution in [2.24, 2.45) is 0 Å². The van der Waals surface area contributed by atoms with Gasteiger partial charge in [0.1, 0.15) is 18.1 Å². The maximum atomic E-state index is 12.8. The number of methoxy groups -OCH3 is 3. The minimum Gasteiger partial charge on any atom is -0.493 e. The van der Waals surface area contributed by atoms with Crippen molar-refractivity contribution in [2.75, 3.05) is 21.3 Å². The number of carbonyl (C=O) groups excluding carboxylic acids is 2. The molecule has 0 unspecified atom stereocenters. The summed E-state index contributed by atoms with van der Waals surface area (Å²) in [4.78, 5) is 24.9. The van der Waals surface area contributed by atoms with E-state index < -0.39 is 0 Å². The lowest BCUT2D eigenvalue weighted by Gasteiger charge is -2.17. The van der Waals surface area contributed by atoms with Crippen LogP contribution in [0.5, 0.6) is 17.2 Å². The third-order valence-electron chi connectivity index (χ3n) is 6.42. The maximum absolute atomic E-state index is 12.8. The van der Waals surface area contributed by atoms with Gasteiger partial charge in [-0.3, -0.25) is 9.59 Å². The molecule has 0 aliphatic heterocycles. The van der Waals surface area contributed by atoms with Crippen LogP contribution < -0.4 is 14.2 Å². The van der Waals surface area contributed by atoms with Gasteiger partial charge in [0.05, 0.1) is 33.2 Å². The van der Waals surface area contributed by atoms with Crippen molar-refractivity contribution in [1.29, 1.82) is 0 Å². The molecule has 0 saturated heterocycles. The summed E-state index contributed by atoms with van der Waals surface area (Å²) in [7, 11) is 4.61. The summed E-state index contributed by atoms with van der Waals surface area (Å²) in [5.74, 6) is 1.82. The van der Waals surface area contributed by atoms with Crippen LogP contribution in [-0.4, -0.2) is 47.9 Å². The van der Waals surface area contributed by atoms with Crippen molar-refractivity contribution in [3.05, 3.63) is 107 Å². The van der Waals surface area contributed by atoms with Crippen molar-refractivity contribution in [2.45, 2.75) is 13.0 Å². The first-order valence-corrected chi connectivity index (χ1v) is 12.5. The summed E-state index contributed by atoms with van der Waals surface area (Å²) in [6, 6.07) is 18.3. The van der Waals surface area contributed by atoms with Gasteiger partial charge < -0.3 is 18.9 Å². The van der Waals surface area contributed by atoms with E-state index in [1.54, 1.807) is 60.5 Å². The first-order valence-electron chi connectivity index (χ1n) is 12.5. The Labute approximate surface area is 231 Å². The Bertz CT molecular complexity index is 1620. The van der Waals surface area contributed by atoms with Gasteiger partial charge in [0.2, 0.25) is 5.75 Å². The number of hydrogen-bond acceptors (Lipinski definition) is 8. The number of benzene rings is 3. The third-order valence-corrected chi connectivity index (χ3v) is 6.42. The van der Waals surface area contributed by atoms with E-state index in [4.69, 9.17) is 18.9 Å². The lowest BCUT2D eigenvalue weighted by molar-refractivity contribution is -0.114. The van der Waals surface area contributed by atoms with Crippen LogP contribution in [-0.2, 0) is 22.6 Å². The second-order valence-electron chi connectivity index (χ2n) is 8.92. The molecule has 9 nitrogen and oxygen atoms in total. The van der Waals surface area contributed by atoms with Crippen LogP contribution in [0.3, 0.4) is 0 Å². The fraction of sp³-hybridized carbons (Fsp3) is 0.161. The molecular weight excluding hydrogens is 510 g/mol. The van der Waals surface area contributed by atoms with Gasteiger partial charge in [-0.05, 0) is 54.1 Å². The fourth-order valence-corrected chi connectivity index (χ4v) is 4.44. The molecule has 40 heavy (non-hydrogen) atoms. The number of allylic oxidation sites excluding steroid dienone is 2. The van der Waals surface area contributed by atoms with Crippen molar-refractivity contribution >= 4 is 23.4 Å². The number of rotatable bonds is 10. The number of ketones is 2. The second kappa shape index (κ2) is 11.7. The number of nitrogens with zero attached hydrogens (tertiary/aromatic N) is 3. The highest BCUT2D eigenvalue weighted by atomic mass is 16.5. The molecule has 0 N–H and O–H groups in total. The van der Waals surface area contributed by atoms with Crippen molar-refractivity contribution < 1.29 is 28.5 Å². The Hall–Kier alpha value is -5.18. The van der Waals surface area contributed by atoms with E-state index in [1.807, 2.05) is 24.3 Å². The smallest absolute Gasteiger partial charge is 0.203 e. The normalized spacial score (nSPS) is 12.6. The number of aromatic nitrogens is 3. The molecular formula is C31H27N3O6. The first-order chi connectivity index (χ1) is 19.5. The van der Waals surface area contributed by atoms with E-state index in [-0.39, 0.29) is 18.2 Å². The van der Waals surface area contributed by atoms with Crippen LogP contribution in [0, 0.1) is 0 Å². The highest BCUT2D eigenvalue weighted by Gasteiger charge is 2.19. The summed E-state index contributed by atoms with van der Waals surface area (Å²) in [6.45, 7) is 0.161. The topological polar surface area (TPSA) is 102 Å². The van der Waals surface area contributed by atoms with Crippen LogP contribution >= 0.6 is 0 Å². The Balaban J connectivity index is 1.25. The van der Waals surface area contributed by atoms with Crippen LogP contribution in [0.25, 0.3) is 17.5 Å². The van der Waals surface area contributed by atoms with Crippen molar-refractivity contribution in [3.63, 3.8) is 0 Å². The molecule has 0 saturated carbocycles. The van der Waals surface area contributed by atoms with Gasteiger partial charge in [-0.25, -0.2) is 4.68 Å². The second-order valence-corrected chi connectivity index (χ2v) is 8.92. The Kier molecular flexibility index (Phi) is 7.72. The molecule has 0 fully saturated rings. The summed E-state index contributed by atoms with van der Waals surface area (Å²) in [6.07, 6.45) is 6.80. The predicted molar refractivity (Wildman–Crippen MR) is 149 cm³/mol. The Morgan fingerprint density at radius 2 is 1.73 bits per heavy atom. The molecule has 1 aliphatic rings. The molecule has 4 aromatic rings. The molecule has 0 amide bonds. The Morgan fingerprint density at radius 3 is 2.48 bits per heavy atom. The number of fused-ring (bicyclic) bond motifs is 1. The summed E-state index contributed by atoms with van der Waals surface area (Å²) in [5, 5.41) is 8.36. The van der Waals surface area contributed by atoms with Gasteiger partial charge in [0, 0.05) is 29.2 Å². The minimum atomic E-state index is -0.174. The van der Waals surface area contributed by atoms with E-state index in [2.05, 4.69) is 10.3 Å². The van der Waals surface area contributed by atoms with E-state index >= 15 is 0 Å². The Morgan fingerprint density at radius 1 is 0.950 bits per heavy atom.